The molecule has 0 spiro atoms. The van der Waals surface area contributed by atoms with Gasteiger partial charge < -0.3 is 14.9 Å². The maximum atomic E-state index is 7.29. The molecule has 5 heteroatoms. The highest BCUT2D eigenvalue weighted by atomic mass is 35.5. The fourth-order valence-electron chi connectivity index (χ4n) is 1.61. The van der Waals surface area contributed by atoms with Crippen molar-refractivity contribution in [1.82, 2.24) is 0 Å². The van der Waals surface area contributed by atoms with E-state index < -0.39 is 0 Å². The van der Waals surface area contributed by atoms with Crippen LogP contribution in [0.4, 0.5) is 0 Å². The summed E-state index contributed by atoms with van der Waals surface area (Å²) in [5.41, 5.74) is 6.28. The highest BCUT2D eigenvalue weighted by molar-refractivity contribution is 5.92. The van der Waals surface area contributed by atoms with E-state index in [0.717, 1.165) is 11.3 Å². The molecular formula is C14H17ClN2O2. The van der Waals surface area contributed by atoms with Crippen molar-refractivity contribution in [3.05, 3.63) is 42.2 Å². The second-order valence-electron chi connectivity index (χ2n) is 4.27. The third kappa shape index (κ3) is 3.76. The van der Waals surface area contributed by atoms with Gasteiger partial charge in [0.25, 0.3) is 0 Å². The topological polar surface area (TPSA) is 72.2 Å². The molecule has 0 aliphatic carbocycles. The summed E-state index contributed by atoms with van der Waals surface area (Å²) in [6.07, 6.45) is 0.156. The van der Waals surface area contributed by atoms with Crippen LogP contribution in [-0.4, -0.2) is 11.9 Å². The molecule has 0 fully saturated rings. The average molecular weight is 281 g/mol. The van der Waals surface area contributed by atoms with Crippen LogP contribution in [0, 0.1) is 5.41 Å². The molecule has 1 aromatic heterocycles. The number of rotatable bonds is 4. The predicted molar refractivity (Wildman–Crippen MR) is 78.2 cm³/mol. The van der Waals surface area contributed by atoms with E-state index in [0.29, 0.717) is 11.5 Å². The number of nitrogens with two attached hydrogens (primary N) is 1. The number of nitrogens with one attached hydrogen (secondary N) is 1. The third-order valence-corrected chi connectivity index (χ3v) is 2.38. The second kappa shape index (κ2) is 6.29. The Bertz CT molecular complexity index is 547. The number of nitrogen functional groups attached to an aromatic ring is 1. The van der Waals surface area contributed by atoms with Gasteiger partial charge in [-0.05, 0) is 50.2 Å². The van der Waals surface area contributed by atoms with Gasteiger partial charge in [0.2, 0.25) is 0 Å². The number of ether oxygens (including phenoxy) is 1. The molecule has 1 heterocycles. The van der Waals surface area contributed by atoms with E-state index in [1.165, 1.54) is 0 Å². The number of halogens is 1. The van der Waals surface area contributed by atoms with Crippen molar-refractivity contribution in [3.63, 3.8) is 0 Å². The zero-order valence-corrected chi connectivity index (χ0v) is 11.7. The molecule has 3 N–H and O–H groups in total. The summed E-state index contributed by atoms with van der Waals surface area (Å²) in [6, 6.07) is 11.1. The van der Waals surface area contributed by atoms with Crippen molar-refractivity contribution in [2.24, 2.45) is 5.73 Å². The molecule has 102 valence electrons. The number of amidine groups is 1. The molecule has 0 aliphatic rings. The Hall–Kier alpha value is -1.94. The number of furan rings is 1. The van der Waals surface area contributed by atoms with E-state index in [1.807, 2.05) is 38.1 Å². The first kappa shape index (κ1) is 15.1. The van der Waals surface area contributed by atoms with E-state index >= 15 is 0 Å². The molecule has 2 aromatic rings. The van der Waals surface area contributed by atoms with Crippen LogP contribution in [0.5, 0.6) is 5.75 Å². The van der Waals surface area contributed by atoms with E-state index in [4.69, 9.17) is 20.3 Å². The van der Waals surface area contributed by atoms with Crippen LogP contribution in [-0.2, 0) is 0 Å². The monoisotopic (exact) mass is 280 g/mol. The van der Waals surface area contributed by atoms with Crippen LogP contribution in [0.25, 0.3) is 11.3 Å². The van der Waals surface area contributed by atoms with Gasteiger partial charge >= 0.3 is 0 Å². The lowest BCUT2D eigenvalue weighted by molar-refractivity contribution is 0.242. The molecule has 0 bridgehead atoms. The SMILES string of the molecule is CC(C)Oc1ccc(-c2ccc(C(=N)N)o2)cc1.Cl. The van der Waals surface area contributed by atoms with Crippen LogP contribution in [0.15, 0.2) is 40.8 Å². The van der Waals surface area contributed by atoms with Gasteiger partial charge in [-0.1, -0.05) is 0 Å². The van der Waals surface area contributed by atoms with Crippen molar-refractivity contribution in [2.45, 2.75) is 20.0 Å². The zero-order chi connectivity index (χ0) is 13.1. The first-order chi connectivity index (χ1) is 8.56. The first-order valence-electron chi connectivity index (χ1n) is 5.77. The maximum absolute atomic E-state index is 7.29. The molecule has 2 rings (SSSR count). The third-order valence-electron chi connectivity index (χ3n) is 2.38. The number of hydrogen-bond donors (Lipinski definition) is 2. The van der Waals surface area contributed by atoms with E-state index in [2.05, 4.69) is 0 Å². The lowest BCUT2D eigenvalue weighted by Gasteiger charge is -2.09. The molecule has 0 atom stereocenters. The second-order valence-corrected chi connectivity index (χ2v) is 4.27. The van der Waals surface area contributed by atoms with Crippen LogP contribution in [0.3, 0.4) is 0 Å². The van der Waals surface area contributed by atoms with Crippen molar-refractivity contribution in [1.29, 1.82) is 5.41 Å². The number of hydrogen-bond acceptors (Lipinski definition) is 3. The first-order valence-corrected chi connectivity index (χ1v) is 5.77. The molecule has 0 saturated carbocycles. The molecule has 0 radical (unpaired) electrons. The molecule has 0 unspecified atom stereocenters. The molecule has 0 aliphatic heterocycles. The average Bonchev–Trinajstić information content (AvgIpc) is 2.78. The molecule has 1 aromatic carbocycles. The highest BCUT2D eigenvalue weighted by Gasteiger charge is 2.07. The fourth-order valence-corrected chi connectivity index (χ4v) is 1.61. The summed E-state index contributed by atoms with van der Waals surface area (Å²) in [5, 5.41) is 7.29. The predicted octanol–water partition coefficient (Wildman–Crippen LogP) is 3.44. The largest absolute Gasteiger partial charge is 0.491 e. The van der Waals surface area contributed by atoms with Crippen LogP contribution < -0.4 is 10.5 Å². The lowest BCUT2D eigenvalue weighted by Crippen LogP contribution is -2.09. The van der Waals surface area contributed by atoms with Crippen molar-refractivity contribution in [2.75, 3.05) is 0 Å². The van der Waals surface area contributed by atoms with E-state index in [9.17, 15) is 0 Å². The van der Waals surface area contributed by atoms with Crippen molar-refractivity contribution < 1.29 is 9.15 Å². The summed E-state index contributed by atoms with van der Waals surface area (Å²) in [7, 11) is 0. The van der Waals surface area contributed by atoms with Gasteiger partial charge in [-0.3, -0.25) is 5.41 Å². The Labute approximate surface area is 118 Å². The van der Waals surface area contributed by atoms with Gasteiger partial charge in [-0.25, -0.2) is 0 Å². The minimum atomic E-state index is -0.0685. The van der Waals surface area contributed by atoms with Crippen LogP contribution >= 0.6 is 12.4 Å². The maximum Gasteiger partial charge on any atom is 0.168 e. The standard InChI is InChI=1S/C14H16N2O2.ClH/c1-9(2)17-11-5-3-10(4-6-11)12-7-8-13(18-12)14(15)16;/h3-9H,1-2H3,(H3,15,16);1H. The Morgan fingerprint density at radius 3 is 2.26 bits per heavy atom. The normalized spacial score (nSPS) is 10.1. The molecule has 4 nitrogen and oxygen atoms in total. The van der Waals surface area contributed by atoms with Gasteiger partial charge in [0.15, 0.2) is 11.6 Å². The summed E-state index contributed by atoms with van der Waals surface area (Å²) in [4.78, 5) is 0. The minimum Gasteiger partial charge on any atom is -0.491 e. The Balaban J connectivity index is 0.00000180. The van der Waals surface area contributed by atoms with Crippen LogP contribution in [0.1, 0.15) is 19.6 Å². The zero-order valence-electron chi connectivity index (χ0n) is 10.8. The summed E-state index contributed by atoms with van der Waals surface area (Å²) in [5.74, 6) is 1.83. The van der Waals surface area contributed by atoms with Gasteiger partial charge in [0.05, 0.1) is 6.10 Å². The minimum absolute atomic E-state index is 0. The molecule has 19 heavy (non-hydrogen) atoms. The summed E-state index contributed by atoms with van der Waals surface area (Å²) >= 11 is 0. The van der Waals surface area contributed by atoms with Gasteiger partial charge in [0.1, 0.15) is 11.5 Å². The smallest absolute Gasteiger partial charge is 0.168 e. The lowest BCUT2D eigenvalue weighted by atomic mass is 10.2. The summed E-state index contributed by atoms with van der Waals surface area (Å²) in [6.45, 7) is 3.97. The quantitative estimate of drug-likeness (QED) is 0.665. The molecule has 0 amide bonds. The molecular weight excluding hydrogens is 264 g/mol. The van der Waals surface area contributed by atoms with Crippen molar-refractivity contribution in [3.8, 4) is 17.1 Å². The summed E-state index contributed by atoms with van der Waals surface area (Å²) < 4.78 is 11.0. The number of benzene rings is 1. The van der Waals surface area contributed by atoms with Gasteiger partial charge in [0, 0.05) is 5.56 Å². The Morgan fingerprint density at radius 1 is 1.16 bits per heavy atom. The van der Waals surface area contributed by atoms with Gasteiger partial charge in [-0.15, -0.1) is 12.4 Å². The Morgan fingerprint density at radius 2 is 1.79 bits per heavy atom. The molecule has 0 saturated heterocycles. The van der Waals surface area contributed by atoms with E-state index in [-0.39, 0.29) is 24.3 Å². The fraction of sp³-hybridized carbons (Fsp3) is 0.214. The Kier molecular flexibility index (Phi) is 5.01. The van der Waals surface area contributed by atoms with E-state index in [1.54, 1.807) is 12.1 Å². The van der Waals surface area contributed by atoms with Crippen LogP contribution in [0.2, 0.25) is 0 Å². The van der Waals surface area contributed by atoms with Crippen molar-refractivity contribution >= 4 is 18.2 Å². The highest BCUT2D eigenvalue weighted by Crippen LogP contribution is 2.24. The van der Waals surface area contributed by atoms with Gasteiger partial charge in [-0.2, -0.15) is 0 Å².